The number of allylic oxidation sites excluding steroid dienone is 1. The number of nitrogens with zero attached hydrogens (tertiary/aromatic N) is 1. The van der Waals surface area contributed by atoms with Crippen LogP contribution in [0.15, 0.2) is 11.1 Å². The molecule has 0 aromatic heterocycles. The molecule has 1 heterocycles. The Balaban J connectivity index is 2.46. The molecule has 1 atom stereocenters. The predicted octanol–water partition coefficient (Wildman–Crippen LogP) is 3.05. The van der Waals surface area contributed by atoms with E-state index in [1.54, 1.807) is 0 Å². The van der Waals surface area contributed by atoms with E-state index in [-0.39, 0.29) is 0 Å². The van der Waals surface area contributed by atoms with Gasteiger partial charge in [0, 0.05) is 5.92 Å². The zero-order valence-electron chi connectivity index (χ0n) is 7.67. The van der Waals surface area contributed by atoms with Gasteiger partial charge in [-0.15, -0.1) is 0 Å². The largest absolute Gasteiger partial charge is 0.292 e. The SMILES string of the molecule is N#CC1=C2CCCCC2C(=S)SC1=N. The van der Waals surface area contributed by atoms with E-state index in [0.717, 1.165) is 29.0 Å². The molecule has 0 aromatic rings. The van der Waals surface area contributed by atoms with E-state index < -0.39 is 0 Å². The van der Waals surface area contributed by atoms with Gasteiger partial charge in [-0.3, -0.25) is 5.41 Å². The molecular weight excluding hydrogens is 212 g/mol. The van der Waals surface area contributed by atoms with Crippen LogP contribution in [0.25, 0.3) is 0 Å². The fraction of sp³-hybridized carbons (Fsp3) is 0.500. The summed E-state index contributed by atoms with van der Waals surface area (Å²) in [5, 5.41) is 17.0. The predicted molar refractivity (Wildman–Crippen MR) is 62.5 cm³/mol. The van der Waals surface area contributed by atoms with Gasteiger partial charge in [0.25, 0.3) is 0 Å². The summed E-state index contributed by atoms with van der Waals surface area (Å²) >= 11 is 6.55. The Labute approximate surface area is 92.9 Å². The lowest BCUT2D eigenvalue weighted by atomic mass is 9.82. The highest BCUT2D eigenvalue weighted by Gasteiger charge is 2.32. The number of nitrogens with one attached hydrogen (secondary N) is 1. The summed E-state index contributed by atoms with van der Waals surface area (Å²) in [4.78, 5) is 0. The highest BCUT2D eigenvalue weighted by Crippen LogP contribution is 2.41. The van der Waals surface area contributed by atoms with Crippen molar-refractivity contribution < 1.29 is 0 Å². The van der Waals surface area contributed by atoms with Gasteiger partial charge in [0.05, 0.1) is 9.77 Å². The second kappa shape index (κ2) is 3.84. The van der Waals surface area contributed by atoms with Crippen molar-refractivity contribution in [1.82, 2.24) is 0 Å². The minimum Gasteiger partial charge on any atom is -0.292 e. The van der Waals surface area contributed by atoms with Crippen LogP contribution in [-0.2, 0) is 0 Å². The third kappa shape index (κ3) is 1.51. The van der Waals surface area contributed by atoms with Crippen molar-refractivity contribution in [2.24, 2.45) is 5.92 Å². The Morgan fingerprint density at radius 1 is 1.50 bits per heavy atom. The normalized spacial score (nSPS) is 27.2. The molecule has 2 rings (SSSR count). The summed E-state index contributed by atoms with van der Waals surface area (Å²) in [7, 11) is 0. The monoisotopic (exact) mass is 222 g/mol. The van der Waals surface area contributed by atoms with Gasteiger partial charge in [-0.2, -0.15) is 5.26 Å². The zero-order chi connectivity index (χ0) is 10.1. The lowest BCUT2D eigenvalue weighted by Gasteiger charge is -2.30. The van der Waals surface area contributed by atoms with E-state index in [1.165, 1.54) is 18.2 Å². The van der Waals surface area contributed by atoms with Crippen LogP contribution in [0.5, 0.6) is 0 Å². The standard InChI is InChI=1S/C10H10N2S2/c11-5-8-6-3-1-2-4-7(6)10(13)14-9(8)12/h7,12H,1-4H2. The van der Waals surface area contributed by atoms with E-state index in [1.807, 2.05) is 0 Å². The first kappa shape index (κ1) is 9.88. The highest BCUT2D eigenvalue weighted by atomic mass is 32.2. The Hall–Kier alpha value is -0.660. The number of hydrogen-bond acceptors (Lipinski definition) is 4. The molecular formula is C10H10N2S2. The molecule has 1 aliphatic heterocycles. The smallest absolute Gasteiger partial charge is 0.110 e. The van der Waals surface area contributed by atoms with Gasteiger partial charge in [0.1, 0.15) is 11.1 Å². The average Bonchev–Trinajstić information content (AvgIpc) is 2.18. The maximum Gasteiger partial charge on any atom is 0.110 e. The molecule has 0 radical (unpaired) electrons. The summed E-state index contributed by atoms with van der Waals surface area (Å²) in [5.41, 5.74) is 1.72. The first-order chi connectivity index (χ1) is 6.74. The molecule has 1 saturated carbocycles. The van der Waals surface area contributed by atoms with Crippen molar-refractivity contribution >= 4 is 33.2 Å². The fourth-order valence-corrected chi connectivity index (χ4v) is 3.46. The molecule has 0 amide bonds. The molecule has 0 aromatic carbocycles. The second-order valence-corrected chi connectivity index (χ2v) is 5.31. The van der Waals surface area contributed by atoms with Crippen LogP contribution < -0.4 is 0 Å². The molecule has 1 N–H and O–H groups in total. The average molecular weight is 222 g/mol. The summed E-state index contributed by atoms with van der Waals surface area (Å²) in [5.74, 6) is 0.299. The van der Waals surface area contributed by atoms with Crippen molar-refractivity contribution in [2.75, 3.05) is 0 Å². The molecule has 0 saturated heterocycles. The van der Waals surface area contributed by atoms with Crippen molar-refractivity contribution in [1.29, 1.82) is 10.7 Å². The molecule has 1 fully saturated rings. The van der Waals surface area contributed by atoms with Crippen molar-refractivity contribution in [3.8, 4) is 6.07 Å². The van der Waals surface area contributed by atoms with Crippen LogP contribution in [0.4, 0.5) is 0 Å². The molecule has 14 heavy (non-hydrogen) atoms. The van der Waals surface area contributed by atoms with Crippen molar-refractivity contribution in [3.05, 3.63) is 11.1 Å². The number of rotatable bonds is 0. The lowest BCUT2D eigenvalue weighted by molar-refractivity contribution is 0.544. The van der Waals surface area contributed by atoms with E-state index in [0.29, 0.717) is 16.5 Å². The number of fused-ring (bicyclic) bond motifs is 1. The third-order valence-corrected chi connectivity index (χ3v) is 4.19. The Morgan fingerprint density at radius 2 is 2.29 bits per heavy atom. The van der Waals surface area contributed by atoms with Gasteiger partial charge in [-0.1, -0.05) is 30.4 Å². The number of thioether (sulfide) groups is 1. The topological polar surface area (TPSA) is 47.6 Å². The zero-order valence-corrected chi connectivity index (χ0v) is 9.30. The Bertz CT molecular complexity index is 376. The van der Waals surface area contributed by atoms with Gasteiger partial charge in [-0.05, 0) is 24.8 Å². The van der Waals surface area contributed by atoms with Crippen LogP contribution in [0.3, 0.4) is 0 Å². The van der Waals surface area contributed by atoms with Crippen LogP contribution in [0, 0.1) is 22.7 Å². The van der Waals surface area contributed by atoms with Gasteiger partial charge in [-0.25, -0.2) is 0 Å². The lowest BCUT2D eigenvalue weighted by Crippen LogP contribution is -2.25. The number of thiocarbonyl (C=S) groups is 1. The van der Waals surface area contributed by atoms with Gasteiger partial charge < -0.3 is 0 Å². The van der Waals surface area contributed by atoms with Crippen LogP contribution in [-0.4, -0.2) is 9.24 Å². The quantitative estimate of drug-likeness (QED) is 0.641. The van der Waals surface area contributed by atoms with E-state index in [9.17, 15) is 0 Å². The third-order valence-electron chi connectivity index (χ3n) is 2.76. The van der Waals surface area contributed by atoms with E-state index in [4.69, 9.17) is 22.9 Å². The summed E-state index contributed by atoms with van der Waals surface area (Å²) in [6.45, 7) is 0. The summed E-state index contributed by atoms with van der Waals surface area (Å²) in [6, 6.07) is 2.15. The Kier molecular flexibility index (Phi) is 2.71. The molecule has 4 heteroatoms. The highest BCUT2D eigenvalue weighted by molar-refractivity contribution is 8.33. The maximum atomic E-state index is 8.98. The minimum absolute atomic E-state index is 0.299. The molecule has 0 bridgehead atoms. The molecule has 1 aliphatic carbocycles. The molecule has 2 aliphatic rings. The van der Waals surface area contributed by atoms with Crippen molar-refractivity contribution in [3.63, 3.8) is 0 Å². The van der Waals surface area contributed by atoms with Crippen LogP contribution in [0.2, 0.25) is 0 Å². The first-order valence-electron chi connectivity index (χ1n) is 4.68. The van der Waals surface area contributed by atoms with E-state index >= 15 is 0 Å². The fourth-order valence-electron chi connectivity index (χ4n) is 2.06. The Morgan fingerprint density at radius 3 is 3.00 bits per heavy atom. The minimum atomic E-state index is 0.299. The summed E-state index contributed by atoms with van der Waals surface area (Å²) < 4.78 is 0.892. The van der Waals surface area contributed by atoms with Crippen molar-refractivity contribution in [2.45, 2.75) is 25.7 Å². The number of nitriles is 1. The van der Waals surface area contributed by atoms with Gasteiger partial charge in [0.15, 0.2) is 0 Å². The molecule has 2 nitrogen and oxygen atoms in total. The molecule has 72 valence electrons. The maximum absolute atomic E-state index is 8.98. The van der Waals surface area contributed by atoms with Crippen LogP contribution in [0.1, 0.15) is 25.7 Å². The molecule has 0 spiro atoms. The molecule has 1 unspecified atom stereocenters. The van der Waals surface area contributed by atoms with Gasteiger partial charge in [0.2, 0.25) is 0 Å². The second-order valence-electron chi connectivity index (χ2n) is 3.56. The van der Waals surface area contributed by atoms with E-state index in [2.05, 4.69) is 6.07 Å². The van der Waals surface area contributed by atoms with Crippen LogP contribution >= 0.6 is 24.0 Å². The summed E-state index contributed by atoms with van der Waals surface area (Å²) in [6.07, 6.45) is 4.36. The van der Waals surface area contributed by atoms with Gasteiger partial charge >= 0.3 is 0 Å². The first-order valence-corrected chi connectivity index (χ1v) is 5.90. The number of hydrogen-bond donors (Lipinski definition) is 1.